The van der Waals surface area contributed by atoms with Gasteiger partial charge in [0.25, 0.3) is 5.91 Å². The molecule has 0 radical (unpaired) electrons. The molecular formula is C21H21N5O2. The molecule has 3 aromatic heterocycles. The van der Waals surface area contributed by atoms with E-state index < -0.39 is 5.60 Å². The Morgan fingerprint density at radius 2 is 1.79 bits per heavy atom. The Bertz CT molecular complexity index is 950. The van der Waals surface area contributed by atoms with E-state index in [1.807, 2.05) is 31.2 Å². The van der Waals surface area contributed by atoms with Gasteiger partial charge in [-0.05, 0) is 43.5 Å². The summed E-state index contributed by atoms with van der Waals surface area (Å²) >= 11 is 0. The van der Waals surface area contributed by atoms with E-state index in [9.17, 15) is 9.90 Å². The number of piperidine rings is 1. The number of aliphatic hydroxyl groups is 1. The molecule has 1 N–H and O–H groups in total. The lowest BCUT2D eigenvalue weighted by Crippen LogP contribution is -2.45. The smallest absolute Gasteiger partial charge is 0.256 e. The molecule has 1 amide bonds. The molecule has 1 fully saturated rings. The molecule has 1 aliphatic rings. The zero-order chi connectivity index (χ0) is 19.6. The molecule has 4 heterocycles. The second-order valence-electron chi connectivity index (χ2n) is 7.08. The second-order valence-corrected chi connectivity index (χ2v) is 7.08. The number of carbonyl (C=O) groups is 1. The van der Waals surface area contributed by atoms with Gasteiger partial charge in [0.15, 0.2) is 5.82 Å². The summed E-state index contributed by atoms with van der Waals surface area (Å²) in [5.41, 5.74) is 1.95. The number of rotatable bonds is 3. The van der Waals surface area contributed by atoms with Crippen molar-refractivity contribution in [2.45, 2.75) is 25.4 Å². The molecule has 0 aromatic carbocycles. The van der Waals surface area contributed by atoms with Gasteiger partial charge in [-0.15, -0.1) is 0 Å². The van der Waals surface area contributed by atoms with Gasteiger partial charge < -0.3 is 10.0 Å². The number of likely N-dealkylation sites (tertiary alicyclic amines) is 1. The normalized spacial score (nSPS) is 16.0. The highest BCUT2D eigenvalue weighted by Gasteiger charge is 2.36. The van der Waals surface area contributed by atoms with E-state index >= 15 is 0 Å². The van der Waals surface area contributed by atoms with E-state index in [2.05, 4.69) is 19.9 Å². The van der Waals surface area contributed by atoms with E-state index in [4.69, 9.17) is 0 Å². The summed E-state index contributed by atoms with van der Waals surface area (Å²) in [5, 5.41) is 10.9. The molecule has 7 heteroatoms. The summed E-state index contributed by atoms with van der Waals surface area (Å²) in [6.45, 7) is 2.87. The predicted octanol–water partition coefficient (Wildman–Crippen LogP) is 2.37. The first-order valence-electron chi connectivity index (χ1n) is 9.22. The molecule has 0 bridgehead atoms. The third kappa shape index (κ3) is 3.61. The Labute approximate surface area is 163 Å². The van der Waals surface area contributed by atoms with Crippen LogP contribution in [0, 0.1) is 6.92 Å². The largest absolute Gasteiger partial charge is 0.383 e. The van der Waals surface area contributed by atoms with E-state index in [-0.39, 0.29) is 5.91 Å². The van der Waals surface area contributed by atoms with Gasteiger partial charge in [-0.2, -0.15) is 0 Å². The lowest BCUT2D eigenvalue weighted by molar-refractivity contribution is -0.0244. The summed E-state index contributed by atoms with van der Waals surface area (Å²) in [4.78, 5) is 31.5. The maximum Gasteiger partial charge on any atom is 0.256 e. The summed E-state index contributed by atoms with van der Waals surface area (Å²) < 4.78 is 0. The quantitative estimate of drug-likeness (QED) is 0.756. The Balaban J connectivity index is 1.43. The first kappa shape index (κ1) is 18.2. The van der Waals surface area contributed by atoms with Crippen LogP contribution in [0.1, 0.15) is 34.5 Å². The predicted molar refractivity (Wildman–Crippen MR) is 103 cm³/mol. The van der Waals surface area contributed by atoms with Crippen molar-refractivity contribution in [3.8, 4) is 11.4 Å². The van der Waals surface area contributed by atoms with Crippen LogP contribution in [-0.4, -0.2) is 48.9 Å². The van der Waals surface area contributed by atoms with E-state index in [1.54, 1.807) is 35.9 Å². The van der Waals surface area contributed by atoms with Crippen molar-refractivity contribution >= 4 is 5.91 Å². The van der Waals surface area contributed by atoms with Crippen molar-refractivity contribution in [2.24, 2.45) is 0 Å². The second kappa shape index (κ2) is 7.44. The third-order valence-corrected chi connectivity index (χ3v) is 5.08. The molecule has 0 atom stereocenters. The van der Waals surface area contributed by atoms with Crippen molar-refractivity contribution in [1.29, 1.82) is 0 Å². The minimum atomic E-state index is -0.995. The highest BCUT2D eigenvalue weighted by molar-refractivity contribution is 5.93. The van der Waals surface area contributed by atoms with Crippen LogP contribution in [0.15, 0.2) is 55.2 Å². The highest BCUT2D eigenvalue weighted by atomic mass is 16.3. The van der Waals surface area contributed by atoms with Gasteiger partial charge >= 0.3 is 0 Å². The molecule has 28 heavy (non-hydrogen) atoms. The molecule has 4 rings (SSSR count). The number of aryl methyl sites for hydroxylation is 1. The Morgan fingerprint density at radius 3 is 2.39 bits per heavy atom. The number of pyridine rings is 2. The van der Waals surface area contributed by atoms with Gasteiger partial charge in [0.2, 0.25) is 0 Å². The van der Waals surface area contributed by atoms with E-state index in [1.165, 1.54) is 0 Å². The van der Waals surface area contributed by atoms with Gasteiger partial charge in [-0.25, -0.2) is 9.97 Å². The van der Waals surface area contributed by atoms with Crippen LogP contribution in [0.4, 0.5) is 0 Å². The molecule has 1 saturated heterocycles. The first-order valence-corrected chi connectivity index (χ1v) is 9.22. The van der Waals surface area contributed by atoms with Gasteiger partial charge in [0.05, 0.1) is 11.3 Å². The summed E-state index contributed by atoms with van der Waals surface area (Å²) in [6, 6.07) is 7.49. The molecule has 0 aliphatic carbocycles. The highest BCUT2D eigenvalue weighted by Crippen LogP contribution is 2.32. The Kier molecular flexibility index (Phi) is 4.83. The van der Waals surface area contributed by atoms with Crippen LogP contribution in [-0.2, 0) is 5.60 Å². The van der Waals surface area contributed by atoms with Crippen molar-refractivity contribution in [1.82, 2.24) is 24.8 Å². The summed E-state index contributed by atoms with van der Waals surface area (Å²) in [5.74, 6) is 0.403. The van der Waals surface area contributed by atoms with E-state index in [0.717, 1.165) is 11.1 Å². The lowest BCUT2D eigenvalue weighted by Gasteiger charge is -2.37. The fourth-order valence-corrected chi connectivity index (χ4v) is 3.34. The van der Waals surface area contributed by atoms with Crippen molar-refractivity contribution in [2.75, 3.05) is 13.1 Å². The molecule has 0 unspecified atom stereocenters. The Hall–Kier alpha value is -3.19. The minimum absolute atomic E-state index is 0.128. The van der Waals surface area contributed by atoms with Crippen LogP contribution >= 0.6 is 0 Å². The van der Waals surface area contributed by atoms with Crippen LogP contribution in [0.5, 0.6) is 0 Å². The van der Waals surface area contributed by atoms with Crippen LogP contribution < -0.4 is 0 Å². The number of hydrogen-bond acceptors (Lipinski definition) is 6. The number of hydrogen-bond donors (Lipinski definition) is 1. The molecule has 7 nitrogen and oxygen atoms in total. The SMILES string of the molecule is Cc1ccc(C2(O)CCN(C(=O)c3cnc(-c4cccnc4)nc3)CC2)nc1. The van der Waals surface area contributed by atoms with Crippen LogP contribution in [0.3, 0.4) is 0 Å². The summed E-state index contributed by atoms with van der Waals surface area (Å²) in [6.07, 6.45) is 9.10. The maximum atomic E-state index is 12.8. The van der Waals surface area contributed by atoms with Gasteiger partial charge in [0.1, 0.15) is 5.60 Å². The fourth-order valence-electron chi connectivity index (χ4n) is 3.34. The molecule has 142 valence electrons. The Morgan fingerprint density at radius 1 is 1.04 bits per heavy atom. The number of nitrogens with zero attached hydrogens (tertiary/aromatic N) is 5. The van der Waals surface area contributed by atoms with Crippen molar-refractivity contribution in [3.63, 3.8) is 0 Å². The van der Waals surface area contributed by atoms with Gasteiger partial charge in [-0.3, -0.25) is 14.8 Å². The zero-order valence-corrected chi connectivity index (χ0v) is 15.6. The van der Waals surface area contributed by atoms with Crippen molar-refractivity contribution in [3.05, 3.63) is 72.1 Å². The van der Waals surface area contributed by atoms with E-state index in [0.29, 0.717) is 43.0 Å². The number of carbonyl (C=O) groups excluding carboxylic acids is 1. The maximum absolute atomic E-state index is 12.8. The average molecular weight is 375 g/mol. The monoisotopic (exact) mass is 375 g/mol. The molecule has 3 aromatic rings. The molecular weight excluding hydrogens is 354 g/mol. The standard InChI is InChI=1S/C21H21N5O2/c1-15-4-5-18(23-11-15)21(28)6-9-26(10-7-21)20(27)17-13-24-19(25-14-17)16-3-2-8-22-12-16/h2-5,8,11-14,28H,6-7,9-10H2,1H3. The van der Waals surface area contributed by atoms with Crippen molar-refractivity contribution < 1.29 is 9.90 Å². The molecule has 0 saturated carbocycles. The zero-order valence-electron chi connectivity index (χ0n) is 15.6. The average Bonchev–Trinajstić information content (AvgIpc) is 2.75. The molecule has 0 spiro atoms. The topological polar surface area (TPSA) is 92.1 Å². The lowest BCUT2D eigenvalue weighted by atomic mass is 9.87. The third-order valence-electron chi connectivity index (χ3n) is 5.08. The van der Waals surface area contributed by atoms with Gasteiger partial charge in [0, 0.05) is 49.6 Å². The molecule has 1 aliphatic heterocycles. The minimum Gasteiger partial charge on any atom is -0.383 e. The first-order chi connectivity index (χ1) is 13.5. The van der Waals surface area contributed by atoms with Gasteiger partial charge in [-0.1, -0.05) is 6.07 Å². The fraction of sp³-hybridized carbons (Fsp3) is 0.286. The van der Waals surface area contributed by atoms with Crippen LogP contribution in [0.2, 0.25) is 0 Å². The number of aromatic nitrogens is 4. The van der Waals surface area contributed by atoms with Crippen LogP contribution in [0.25, 0.3) is 11.4 Å². The summed E-state index contributed by atoms with van der Waals surface area (Å²) in [7, 11) is 0. The number of amides is 1.